The molecule has 1 saturated heterocycles. The Morgan fingerprint density at radius 1 is 1.39 bits per heavy atom. The first-order valence-electron chi connectivity index (χ1n) is 6.79. The molecule has 1 atom stereocenters. The maximum atomic E-state index is 5.98. The molecule has 0 aliphatic carbocycles. The molecule has 1 aromatic rings. The van der Waals surface area contributed by atoms with Crippen molar-refractivity contribution in [3.8, 4) is 0 Å². The maximum Gasteiger partial charge on any atom is 0.0234 e. The minimum absolute atomic E-state index is 0.348. The molecule has 0 spiro atoms. The molecule has 1 aromatic carbocycles. The first kappa shape index (κ1) is 14.0. The van der Waals surface area contributed by atoms with Gasteiger partial charge in [0.1, 0.15) is 0 Å². The Balaban J connectivity index is 1.89. The van der Waals surface area contributed by atoms with Gasteiger partial charge in [0.15, 0.2) is 0 Å². The number of likely N-dealkylation sites (tertiary alicyclic amines) is 1. The van der Waals surface area contributed by atoms with E-state index < -0.39 is 0 Å². The van der Waals surface area contributed by atoms with Crippen molar-refractivity contribution >= 4 is 15.9 Å². The molecule has 0 amide bonds. The molecule has 1 aliphatic heterocycles. The number of hydrogen-bond donors (Lipinski definition) is 1. The van der Waals surface area contributed by atoms with Gasteiger partial charge in [0.25, 0.3) is 0 Å². The Kier molecular flexibility index (Phi) is 4.82. The number of aryl methyl sites for hydroxylation is 1. The molecular weight excluding hydrogens is 288 g/mol. The summed E-state index contributed by atoms with van der Waals surface area (Å²) in [6.45, 7) is 7.68. The Morgan fingerprint density at radius 2 is 2.06 bits per heavy atom. The highest BCUT2D eigenvalue weighted by Gasteiger charge is 2.21. The number of hydrogen-bond acceptors (Lipinski definition) is 2. The summed E-state index contributed by atoms with van der Waals surface area (Å²) >= 11 is 3.60. The average Bonchev–Trinajstić information content (AvgIpc) is 2.34. The van der Waals surface area contributed by atoms with Crippen LogP contribution in [0.5, 0.6) is 0 Å². The summed E-state index contributed by atoms with van der Waals surface area (Å²) in [5.74, 6) is 0.714. The third-order valence-electron chi connectivity index (χ3n) is 4.02. The van der Waals surface area contributed by atoms with E-state index in [1.807, 2.05) is 0 Å². The summed E-state index contributed by atoms with van der Waals surface area (Å²) in [6, 6.07) is 7.01. The fraction of sp³-hybridized carbons (Fsp3) is 0.600. The molecule has 2 N–H and O–H groups in total. The van der Waals surface area contributed by atoms with Crippen LogP contribution in [-0.4, -0.2) is 24.0 Å². The SMILES string of the molecule is Cc1ccc(CN2CCC(C(C)N)CC2)cc1Br. The standard InChI is InChI=1S/C15H23BrN2/c1-11-3-4-13(9-15(11)16)10-18-7-5-14(6-8-18)12(2)17/h3-4,9,12,14H,5-8,10,17H2,1-2H3. The van der Waals surface area contributed by atoms with Gasteiger partial charge in [0.2, 0.25) is 0 Å². The molecule has 1 aliphatic rings. The van der Waals surface area contributed by atoms with E-state index in [0.717, 1.165) is 6.54 Å². The summed E-state index contributed by atoms with van der Waals surface area (Å²) in [5.41, 5.74) is 8.67. The Hall–Kier alpha value is -0.380. The molecule has 1 fully saturated rings. The van der Waals surface area contributed by atoms with Crippen LogP contribution in [0.25, 0.3) is 0 Å². The van der Waals surface area contributed by atoms with Crippen molar-refractivity contribution in [2.75, 3.05) is 13.1 Å². The first-order valence-corrected chi connectivity index (χ1v) is 7.58. The summed E-state index contributed by atoms with van der Waals surface area (Å²) < 4.78 is 1.21. The molecule has 0 saturated carbocycles. The van der Waals surface area contributed by atoms with Crippen LogP contribution in [0, 0.1) is 12.8 Å². The highest BCUT2D eigenvalue weighted by molar-refractivity contribution is 9.10. The topological polar surface area (TPSA) is 29.3 Å². The van der Waals surface area contributed by atoms with Gasteiger partial charge in [-0.1, -0.05) is 28.1 Å². The van der Waals surface area contributed by atoms with Crippen molar-refractivity contribution in [1.82, 2.24) is 4.90 Å². The number of nitrogens with two attached hydrogens (primary N) is 1. The predicted molar refractivity (Wildman–Crippen MR) is 80.5 cm³/mol. The van der Waals surface area contributed by atoms with E-state index >= 15 is 0 Å². The van der Waals surface area contributed by atoms with Gasteiger partial charge >= 0.3 is 0 Å². The molecule has 1 unspecified atom stereocenters. The molecule has 100 valence electrons. The molecule has 3 heteroatoms. The van der Waals surface area contributed by atoms with Crippen molar-refractivity contribution in [3.05, 3.63) is 33.8 Å². The highest BCUT2D eigenvalue weighted by Crippen LogP contribution is 2.23. The molecule has 0 aromatic heterocycles. The summed E-state index contributed by atoms with van der Waals surface area (Å²) in [6.07, 6.45) is 2.48. The fourth-order valence-corrected chi connectivity index (χ4v) is 3.06. The molecule has 2 rings (SSSR count). The summed E-state index contributed by atoms with van der Waals surface area (Å²) in [7, 11) is 0. The maximum absolute atomic E-state index is 5.98. The van der Waals surface area contributed by atoms with Gasteiger partial charge in [0.05, 0.1) is 0 Å². The second-order valence-electron chi connectivity index (χ2n) is 5.56. The van der Waals surface area contributed by atoms with Gasteiger partial charge in [-0.25, -0.2) is 0 Å². The van der Waals surface area contributed by atoms with Crippen molar-refractivity contribution in [2.45, 2.75) is 39.3 Å². The van der Waals surface area contributed by atoms with Gasteiger partial charge in [-0.05, 0) is 62.9 Å². The van der Waals surface area contributed by atoms with Crippen LogP contribution in [0.2, 0.25) is 0 Å². The molecule has 18 heavy (non-hydrogen) atoms. The van der Waals surface area contributed by atoms with E-state index in [4.69, 9.17) is 5.73 Å². The van der Waals surface area contributed by atoms with Gasteiger partial charge in [-0.3, -0.25) is 4.90 Å². The van der Waals surface area contributed by atoms with Crippen LogP contribution < -0.4 is 5.73 Å². The lowest BCUT2D eigenvalue weighted by molar-refractivity contribution is 0.165. The van der Waals surface area contributed by atoms with Crippen LogP contribution in [0.15, 0.2) is 22.7 Å². The Labute approximate surface area is 119 Å². The van der Waals surface area contributed by atoms with E-state index in [9.17, 15) is 0 Å². The van der Waals surface area contributed by atoms with Crippen molar-refractivity contribution < 1.29 is 0 Å². The molecule has 1 heterocycles. The van der Waals surface area contributed by atoms with Crippen molar-refractivity contribution in [1.29, 1.82) is 0 Å². The quantitative estimate of drug-likeness (QED) is 0.928. The molecule has 0 bridgehead atoms. The predicted octanol–water partition coefficient (Wildman–Crippen LogP) is 3.32. The van der Waals surface area contributed by atoms with Crippen LogP contribution in [0.3, 0.4) is 0 Å². The average molecular weight is 311 g/mol. The summed E-state index contributed by atoms with van der Waals surface area (Å²) in [4.78, 5) is 2.54. The smallest absolute Gasteiger partial charge is 0.0234 e. The van der Waals surface area contributed by atoms with E-state index in [-0.39, 0.29) is 0 Å². The Morgan fingerprint density at radius 3 is 2.61 bits per heavy atom. The third kappa shape index (κ3) is 3.56. The third-order valence-corrected chi connectivity index (χ3v) is 4.87. The molecular formula is C15H23BrN2. The van der Waals surface area contributed by atoms with Gasteiger partial charge < -0.3 is 5.73 Å². The number of halogens is 1. The van der Waals surface area contributed by atoms with Gasteiger partial charge in [-0.2, -0.15) is 0 Å². The second-order valence-corrected chi connectivity index (χ2v) is 6.41. The van der Waals surface area contributed by atoms with Gasteiger partial charge in [0, 0.05) is 17.1 Å². The van der Waals surface area contributed by atoms with Crippen LogP contribution in [0.4, 0.5) is 0 Å². The van der Waals surface area contributed by atoms with Crippen LogP contribution >= 0.6 is 15.9 Å². The number of rotatable bonds is 3. The fourth-order valence-electron chi connectivity index (χ4n) is 2.63. The largest absolute Gasteiger partial charge is 0.328 e. The number of piperidine rings is 1. The number of benzene rings is 1. The lowest BCUT2D eigenvalue weighted by Gasteiger charge is -2.33. The van der Waals surface area contributed by atoms with E-state index in [1.165, 1.54) is 41.5 Å². The lowest BCUT2D eigenvalue weighted by Crippen LogP contribution is -2.39. The van der Waals surface area contributed by atoms with Crippen molar-refractivity contribution in [2.24, 2.45) is 11.7 Å². The van der Waals surface area contributed by atoms with Crippen molar-refractivity contribution in [3.63, 3.8) is 0 Å². The van der Waals surface area contributed by atoms with Gasteiger partial charge in [-0.15, -0.1) is 0 Å². The van der Waals surface area contributed by atoms with Crippen LogP contribution in [0.1, 0.15) is 30.9 Å². The zero-order chi connectivity index (χ0) is 13.1. The second kappa shape index (κ2) is 6.18. The minimum atomic E-state index is 0.348. The zero-order valence-corrected chi connectivity index (χ0v) is 12.9. The first-order chi connectivity index (χ1) is 8.56. The highest BCUT2D eigenvalue weighted by atomic mass is 79.9. The Bertz CT molecular complexity index is 395. The minimum Gasteiger partial charge on any atom is -0.328 e. The molecule has 2 nitrogen and oxygen atoms in total. The van der Waals surface area contributed by atoms with Crippen LogP contribution in [-0.2, 0) is 6.54 Å². The number of nitrogens with zero attached hydrogens (tertiary/aromatic N) is 1. The normalized spacial score (nSPS) is 20.0. The van der Waals surface area contributed by atoms with E-state index in [1.54, 1.807) is 0 Å². The molecule has 0 radical (unpaired) electrons. The van der Waals surface area contributed by atoms with E-state index in [2.05, 4.69) is 52.9 Å². The lowest BCUT2D eigenvalue weighted by atomic mass is 9.91. The van der Waals surface area contributed by atoms with E-state index in [0.29, 0.717) is 12.0 Å². The summed E-state index contributed by atoms with van der Waals surface area (Å²) in [5, 5.41) is 0. The zero-order valence-electron chi connectivity index (χ0n) is 11.3. The monoisotopic (exact) mass is 310 g/mol.